The first-order chi connectivity index (χ1) is 13.5. The molecule has 29 heavy (non-hydrogen) atoms. The monoisotopic (exact) mass is 423 g/mol. The van der Waals surface area contributed by atoms with Crippen molar-refractivity contribution < 1.29 is 22.3 Å². The Hall–Kier alpha value is -2.18. The molecule has 0 unspecified atom stereocenters. The second kappa shape index (κ2) is 7.58. The maximum atomic E-state index is 13.4. The number of rotatable bonds is 6. The van der Waals surface area contributed by atoms with E-state index in [4.69, 9.17) is 4.74 Å². The van der Waals surface area contributed by atoms with Gasteiger partial charge in [-0.1, -0.05) is 26.0 Å². The Morgan fingerprint density at radius 3 is 2.48 bits per heavy atom. The Bertz CT molecular complexity index is 922. The number of carbonyl (C=O) groups excluding carboxylic acids is 1. The van der Waals surface area contributed by atoms with Crippen molar-refractivity contribution in [2.45, 2.75) is 62.1 Å². The summed E-state index contributed by atoms with van der Waals surface area (Å²) in [5.41, 5.74) is -1.50. The van der Waals surface area contributed by atoms with Crippen molar-refractivity contribution in [2.75, 3.05) is 6.26 Å². The number of alkyl carbamates (subject to hydrolysis) is 1. The Morgan fingerprint density at radius 2 is 2.00 bits per heavy atom. The lowest BCUT2D eigenvalue weighted by molar-refractivity contribution is -0.0206. The minimum absolute atomic E-state index is 0.0685. The molecule has 1 aromatic carbocycles. The Labute approximate surface area is 170 Å². The van der Waals surface area contributed by atoms with Crippen molar-refractivity contribution in [1.29, 1.82) is 5.26 Å². The van der Waals surface area contributed by atoms with Crippen molar-refractivity contribution in [2.24, 2.45) is 5.92 Å². The zero-order chi connectivity index (χ0) is 21.4. The van der Waals surface area contributed by atoms with Gasteiger partial charge in [0.05, 0.1) is 17.4 Å². The number of amides is 1. The second-order valence-corrected chi connectivity index (χ2v) is 10.8. The van der Waals surface area contributed by atoms with Gasteiger partial charge in [0.1, 0.15) is 11.4 Å². The zero-order valence-corrected chi connectivity index (χ0v) is 17.6. The van der Waals surface area contributed by atoms with Gasteiger partial charge in [0.25, 0.3) is 0 Å². The van der Waals surface area contributed by atoms with Gasteiger partial charge in [-0.25, -0.2) is 17.6 Å². The molecule has 0 bridgehead atoms. The first-order valence-electron chi connectivity index (χ1n) is 9.62. The highest BCUT2D eigenvalue weighted by Crippen LogP contribution is 2.42. The van der Waals surface area contributed by atoms with E-state index in [1.165, 1.54) is 24.3 Å². The third-order valence-corrected chi connectivity index (χ3v) is 6.97. The standard InChI is InChI=1S/C20H26FN3O4S/c1-13(2)10-20(28-18(25)24-19(12-22)8-9-19)11-16(29(3,26)27)17(23-20)14-4-6-15(21)7-5-14/h4-7,13,16-17,23H,8-11H2,1-3H3,(H,24,25)/t16-,17+,20+/m0/s1. The number of halogens is 1. The van der Waals surface area contributed by atoms with E-state index in [0.29, 0.717) is 24.8 Å². The summed E-state index contributed by atoms with van der Waals surface area (Å²) in [5.74, 6) is -0.314. The predicted molar refractivity (Wildman–Crippen MR) is 105 cm³/mol. The normalized spacial score (nSPS) is 28.0. The fraction of sp³-hybridized carbons (Fsp3) is 0.600. The molecule has 2 aliphatic rings. The van der Waals surface area contributed by atoms with Crippen LogP contribution in [0.1, 0.15) is 51.1 Å². The van der Waals surface area contributed by atoms with Gasteiger partial charge in [-0.3, -0.25) is 5.32 Å². The van der Waals surface area contributed by atoms with Gasteiger partial charge in [-0.2, -0.15) is 5.26 Å². The van der Waals surface area contributed by atoms with Crippen molar-refractivity contribution in [1.82, 2.24) is 10.6 Å². The summed E-state index contributed by atoms with van der Waals surface area (Å²) < 4.78 is 44.1. The largest absolute Gasteiger partial charge is 0.428 e. The maximum Gasteiger partial charge on any atom is 0.410 e. The average Bonchev–Trinajstić information content (AvgIpc) is 3.27. The molecule has 1 aromatic rings. The number of nitrogens with zero attached hydrogens (tertiary/aromatic N) is 1. The minimum Gasteiger partial charge on any atom is -0.428 e. The molecule has 1 aliphatic carbocycles. The van der Waals surface area contributed by atoms with E-state index in [-0.39, 0.29) is 12.3 Å². The second-order valence-electron chi connectivity index (χ2n) is 8.55. The summed E-state index contributed by atoms with van der Waals surface area (Å²) in [4.78, 5) is 12.5. The summed E-state index contributed by atoms with van der Waals surface area (Å²) in [7, 11) is -3.50. The van der Waals surface area contributed by atoms with E-state index >= 15 is 0 Å². The van der Waals surface area contributed by atoms with Crippen LogP contribution < -0.4 is 10.6 Å². The fourth-order valence-corrected chi connectivity index (χ4v) is 5.24. The number of ether oxygens (including phenoxy) is 1. The molecule has 1 heterocycles. The van der Waals surface area contributed by atoms with E-state index in [1.54, 1.807) is 0 Å². The highest BCUT2D eigenvalue weighted by molar-refractivity contribution is 7.91. The van der Waals surface area contributed by atoms with E-state index in [9.17, 15) is 22.9 Å². The molecule has 158 valence electrons. The third-order valence-electron chi connectivity index (χ3n) is 5.43. The molecule has 0 radical (unpaired) electrons. The number of carbonyl (C=O) groups is 1. The summed E-state index contributed by atoms with van der Waals surface area (Å²) in [5, 5.41) is 14.2. The van der Waals surface area contributed by atoms with Gasteiger partial charge in [-0.15, -0.1) is 0 Å². The van der Waals surface area contributed by atoms with Gasteiger partial charge in [-0.05, 0) is 36.5 Å². The van der Waals surface area contributed by atoms with Crippen molar-refractivity contribution >= 4 is 15.9 Å². The quantitative estimate of drug-likeness (QED) is 0.728. The fourth-order valence-electron chi connectivity index (χ4n) is 3.95. The highest BCUT2D eigenvalue weighted by atomic mass is 32.2. The molecule has 3 rings (SSSR count). The molecular formula is C20H26FN3O4S. The van der Waals surface area contributed by atoms with Gasteiger partial charge in [0, 0.05) is 19.1 Å². The van der Waals surface area contributed by atoms with Crippen LogP contribution in [-0.2, 0) is 14.6 Å². The highest BCUT2D eigenvalue weighted by Gasteiger charge is 2.53. The molecule has 9 heteroatoms. The molecule has 1 aliphatic heterocycles. The lowest BCUT2D eigenvalue weighted by atomic mass is 9.98. The molecule has 1 saturated carbocycles. The third kappa shape index (κ3) is 4.87. The number of benzene rings is 1. The first kappa shape index (κ1) is 21.5. The van der Waals surface area contributed by atoms with Crippen molar-refractivity contribution in [3.8, 4) is 6.07 Å². The number of nitrogens with one attached hydrogen (secondary N) is 2. The lowest BCUT2D eigenvalue weighted by Gasteiger charge is -2.32. The van der Waals surface area contributed by atoms with Crippen LogP contribution in [0.3, 0.4) is 0 Å². The Kier molecular flexibility index (Phi) is 5.62. The summed E-state index contributed by atoms with van der Waals surface area (Å²) >= 11 is 0. The predicted octanol–water partition coefficient (Wildman–Crippen LogP) is 2.80. The first-order valence-corrected chi connectivity index (χ1v) is 11.6. The van der Waals surface area contributed by atoms with Gasteiger partial charge in [0.15, 0.2) is 15.6 Å². The molecule has 3 atom stereocenters. The smallest absolute Gasteiger partial charge is 0.410 e. The van der Waals surface area contributed by atoms with Gasteiger partial charge in [0.2, 0.25) is 0 Å². The number of hydrogen-bond donors (Lipinski definition) is 2. The molecule has 1 saturated heterocycles. The lowest BCUT2D eigenvalue weighted by Crippen LogP contribution is -2.49. The zero-order valence-electron chi connectivity index (χ0n) is 16.7. The van der Waals surface area contributed by atoms with Crippen molar-refractivity contribution in [3.63, 3.8) is 0 Å². The summed E-state index contributed by atoms with van der Waals surface area (Å²) in [6, 6.07) is 7.04. The number of sulfone groups is 1. The summed E-state index contributed by atoms with van der Waals surface area (Å²) in [6.45, 7) is 3.89. The van der Waals surface area contributed by atoms with Crippen LogP contribution in [0.2, 0.25) is 0 Å². The van der Waals surface area contributed by atoms with Crippen LogP contribution in [0, 0.1) is 23.1 Å². The molecule has 7 nitrogen and oxygen atoms in total. The number of nitriles is 1. The SMILES string of the molecule is CC(C)C[C@@]1(OC(=O)NC2(C#N)CC2)C[C@H](S(C)(=O)=O)[C@@H](c2ccc(F)cc2)N1. The van der Waals surface area contributed by atoms with E-state index in [2.05, 4.69) is 16.7 Å². The van der Waals surface area contributed by atoms with Crippen molar-refractivity contribution in [3.05, 3.63) is 35.6 Å². The maximum absolute atomic E-state index is 13.4. The van der Waals surface area contributed by atoms with Gasteiger partial charge >= 0.3 is 6.09 Å². The summed E-state index contributed by atoms with van der Waals surface area (Å²) in [6.07, 6.45) is 1.99. The Balaban J connectivity index is 1.90. The van der Waals surface area contributed by atoms with E-state index in [1.807, 2.05) is 13.8 Å². The van der Waals surface area contributed by atoms with E-state index in [0.717, 1.165) is 6.26 Å². The van der Waals surface area contributed by atoms with Crippen LogP contribution in [-0.4, -0.2) is 37.3 Å². The van der Waals surface area contributed by atoms with Crippen LogP contribution in [0.25, 0.3) is 0 Å². The van der Waals surface area contributed by atoms with Crippen LogP contribution in [0.15, 0.2) is 24.3 Å². The van der Waals surface area contributed by atoms with Gasteiger partial charge < -0.3 is 10.1 Å². The molecule has 1 amide bonds. The molecular weight excluding hydrogens is 397 g/mol. The molecule has 0 aromatic heterocycles. The molecule has 0 spiro atoms. The molecule has 2 fully saturated rings. The van der Waals surface area contributed by atoms with Crippen LogP contribution >= 0.6 is 0 Å². The van der Waals surface area contributed by atoms with Crippen LogP contribution in [0.4, 0.5) is 9.18 Å². The number of hydrogen-bond acceptors (Lipinski definition) is 6. The Morgan fingerprint density at radius 1 is 1.38 bits per heavy atom. The average molecular weight is 424 g/mol. The van der Waals surface area contributed by atoms with E-state index < -0.39 is 44.3 Å². The minimum atomic E-state index is -3.50. The topological polar surface area (TPSA) is 108 Å². The molecule has 2 N–H and O–H groups in total. The van der Waals surface area contributed by atoms with Crippen LogP contribution in [0.5, 0.6) is 0 Å².